The number of ether oxygens (including phenoxy) is 1. The summed E-state index contributed by atoms with van der Waals surface area (Å²) in [5.41, 5.74) is 2.23. The Labute approximate surface area is 125 Å². The van der Waals surface area contributed by atoms with E-state index in [1.165, 1.54) is 0 Å². The fraction of sp³-hybridized carbons (Fsp3) is 0.167. The first-order valence-corrected chi connectivity index (χ1v) is 6.74. The fourth-order valence-corrected chi connectivity index (χ4v) is 2.04. The molecule has 0 fully saturated rings. The molecule has 0 radical (unpaired) electrons. The Bertz CT molecular complexity index is 628. The zero-order chi connectivity index (χ0) is 15.2. The van der Waals surface area contributed by atoms with Crippen LogP contribution < -0.4 is 4.74 Å². The lowest BCUT2D eigenvalue weighted by Crippen LogP contribution is -2.09. The molecule has 3 nitrogen and oxygen atoms in total. The van der Waals surface area contributed by atoms with Crippen molar-refractivity contribution in [1.29, 1.82) is 0 Å². The minimum Gasteiger partial charge on any atom is -0.497 e. The molecular formula is C18H19NO2. The van der Waals surface area contributed by atoms with Crippen LogP contribution in [-0.2, 0) is 0 Å². The Morgan fingerprint density at radius 1 is 0.952 bits per heavy atom. The molecule has 0 aliphatic heterocycles. The van der Waals surface area contributed by atoms with Crippen LogP contribution in [0.1, 0.15) is 15.9 Å². The summed E-state index contributed by atoms with van der Waals surface area (Å²) >= 11 is 0. The largest absolute Gasteiger partial charge is 0.497 e. The lowest BCUT2D eigenvalue weighted by Gasteiger charge is -2.12. The zero-order valence-corrected chi connectivity index (χ0v) is 12.5. The molecule has 0 N–H and O–H groups in total. The quantitative estimate of drug-likeness (QED) is 0.620. The molecule has 21 heavy (non-hydrogen) atoms. The second-order valence-corrected chi connectivity index (χ2v) is 4.93. The number of carbonyl (C=O) groups is 1. The number of methoxy groups -OCH3 is 1. The van der Waals surface area contributed by atoms with Crippen LogP contribution in [-0.4, -0.2) is 31.9 Å². The van der Waals surface area contributed by atoms with Gasteiger partial charge < -0.3 is 9.64 Å². The van der Waals surface area contributed by atoms with Gasteiger partial charge in [0.25, 0.3) is 0 Å². The topological polar surface area (TPSA) is 29.5 Å². The van der Waals surface area contributed by atoms with Crippen molar-refractivity contribution in [2.45, 2.75) is 0 Å². The average Bonchev–Trinajstić information content (AvgIpc) is 2.53. The van der Waals surface area contributed by atoms with Crippen molar-refractivity contribution in [3.05, 3.63) is 71.9 Å². The minimum absolute atomic E-state index is 0.00227. The Morgan fingerprint density at radius 2 is 1.57 bits per heavy atom. The second-order valence-electron chi connectivity index (χ2n) is 4.93. The third-order valence-electron chi connectivity index (χ3n) is 3.07. The third kappa shape index (κ3) is 3.72. The van der Waals surface area contributed by atoms with E-state index in [9.17, 15) is 4.79 Å². The lowest BCUT2D eigenvalue weighted by molar-refractivity contribution is 0.105. The summed E-state index contributed by atoms with van der Waals surface area (Å²) in [5.74, 6) is 0.738. The van der Waals surface area contributed by atoms with Crippen molar-refractivity contribution in [3.8, 4) is 5.75 Å². The number of carbonyl (C=O) groups excluding carboxylic acids is 1. The molecule has 0 saturated heterocycles. The van der Waals surface area contributed by atoms with Crippen molar-refractivity contribution in [1.82, 2.24) is 4.90 Å². The summed E-state index contributed by atoms with van der Waals surface area (Å²) < 4.78 is 5.12. The maximum Gasteiger partial charge on any atom is 0.195 e. The zero-order valence-electron chi connectivity index (χ0n) is 12.5. The van der Waals surface area contributed by atoms with Gasteiger partial charge in [0, 0.05) is 31.4 Å². The molecule has 0 aliphatic rings. The predicted octanol–water partition coefficient (Wildman–Crippen LogP) is 3.48. The fourth-order valence-electron chi connectivity index (χ4n) is 2.04. The van der Waals surface area contributed by atoms with Gasteiger partial charge in [0.05, 0.1) is 7.11 Å². The number of hydrogen-bond donors (Lipinski definition) is 0. The summed E-state index contributed by atoms with van der Waals surface area (Å²) in [5, 5.41) is 0. The van der Waals surface area contributed by atoms with Gasteiger partial charge >= 0.3 is 0 Å². The van der Waals surface area contributed by atoms with E-state index in [0.29, 0.717) is 11.1 Å². The van der Waals surface area contributed by atoms with Crippen LogP contribution in [0.5, 0.6) is 5.75 Å². The van der Waals surface area contributed by atoms with Crippen LogP contribution in [0.4, 0.5) is 0 Å². The van der Waals surface area contributed by atoms with Crippen LogP contribution >= 0.6 is 0 Å². The van der Waals surface area contributed by atoms with Crippen molar-refractivity contribution in [2.24, 2.45) is 0 Å². The highest BCUT2D eigenvalue weighted by Crippen LogP contribution is 2.21. The van der Waals surface area contributed by atoms with E-state index in [4.69, 9.17) is 4.74 Å². The smallest absolute Gasteiger partial charge is 0.195 e. The van der Waals surface area contributed by atoms with Gasteiger partial charge in [-0.15, -0.1) is 0 Å². The first-order chi connectivity index (χ1) is 10.1. The van der Waals surface area contributed by atoms with Gasteiger partial charge in [-0.3, -0.25) is 4.79 Å². The van der Waals surface area contributed by atoms with E-state index in [2.05, 4.69) is 0 Å². The molecule has 0 heterocycles. The Kier molecular flexibility index (Phi) is 4.77. The van der Waals surface area contributed by atoms with Crippen LogP contribution in [0.2, 0.25) is 0 Å². The summed E-state index contributed by atoms with van der Waals surface area (Å²) in [6.07, 6.45) is 1.85. The number of rotatable bonds is 5. The number of benzene rings is 2. The number of ketones is 1. The molecule has 0 amide bonds. The number of nitrogens with zero attached hydrogens (tertiary/aromatic N) is 1. The standard InChI is InChI=1S/C18H19NO2/c1-19(2)13-17(14-7-5-4-6-8-14)18(20)15-9-11-16(21-3)12-10-15/h4-13H,1-3H3/b17-13+. The number of allylic oxidation sites excluding steroid dienone is 1. The van der Waals surface area contributed by atoms with Crippen molar-refractivity contribution in [3.63, 3.8) is 0 Å². The molecule has 0 bridgehead atoms. The summed E-state index contributed by atoms with van der Waals surface area (Å²) in [7, 11) is 5.42. The highest BCUT2D eigenvalue weighted by molar-refractivity contribution is 6.28. The highest BCUT2D eigenvalue weighted by Gasteiger charge is 2.14. The molecule has 0 saturated carbocycles. The molecule has 108 valence electrons. The van der Waals surface area contributed by atoms with Crippen molar-refractivity contribution < 1.29 is 9.53 Å². The summed E-state index contributed by atoms with van der Waals surface area (Å²) in [4.78, 5) is 14.6. The molecule has 3 heteroatoms. The average molecular weight is 281 g/mol. The van der Waals surface area contributed by atoms with E-state index in [-0.39, 0.29) is 5.78 Å². The molecule has 0 aromatic heterocycles. The van der Waals surface area contributed by atoms with Crippen LogP contribution in [0.3, 0.4) is 0 Å². The lowest BCUT2D eigenvalue weighted by atomic mass is 9.97. The van der Waals surface area contributed by atoms with E-state index < -0.39 is 0 Å². The second kappa shape index (κ2) is 6.75. The van der Waals surface area contributed by atoms with Crippen LogP contribution in [0, 0.1) is 0 Å². The molecule has 0 atom stereocenters. The first-order valence-electron chi connectivity index (χ1n) is 6.74. The van der Waals surface area contributed by atoms with Gasteiger partial charge in [0.15, 0.2) is 5.78 Å². The van der Waals surface area contributed by atoms with E-state index in [1.807, 2.05) is 55.5 Å². The van der Waals surface area contributed by atoms with Gasteiger partial charge in [-0.05, 0) is 29.8 Å². The van der Waals surface area contributed by atoms with Gasteiger partial charge in [-0.2, -0.15) is 0 Å². The molecule has 0 spiro atoms. The SMILES string of the molecule is COc1ccc(C(=O)/C(=C/N(C)C)c2ccccc2)cc1. The van der Waals surface area contributed by atoms with Crippen LogP contribution in [0.15, 0.2) is 60.8 Å². The van der Waals surface area contributed by atoms with Crippen molar-refractivity contribution in [2.75, 3.05) is 21.2 Å². The Hall–Kier alpha value is -2.55. The third-order valence-corrected chi connectivity index (χ3v) is 3.07. The van der Waals surface area contributed by atoms with Gasteiger partial charge in [-0.25, -0.2) is 0 Å². The normalized spacial score (nSPS) is 11.1. The summed E-state index contributed by atoms with van der Waals surface area (Å²) in [6, 6.07) is 16.8. The number of Topliss-reactive ketones (excluding diaryl/α,β-unsaturated/α-hetero) is 1. The monoisotopic (exact) mass is 281 g/mol. The molecule has 0 aliphatic carbocycles. The maximum absolute atomic E-state index is 12.7. The van der Waals surface area contributed by atoms with E-state index in [0.717, 1.165) is 11.3 Å². The highest BCUT2D eigenvalue weighted by atomic mass is 16.5. The number of hydrogen-bond acceptors (Lipinski definition) is 3. The van der Waals surface area contributed by atoms with Gasteiger partial charge in [-0.1, -0.05) is 30.3 Å². The Morgan fingerprint density at radius 3 is 2.10 bits per heavy atom. The molecule has 2 aromatic carbocycles. The molecule has 2 rings (SSSR count). The van der Waals surface area contributed by atoms with Crippen molar-refractivity contribution >= 4 is 11.4 Å². The Balaban J connectivity index is 2.39. The van der Waals surface area contributed by atoms with Gasteiger partial charge in [0.1, 0.15) is 5.75 Å². The van der Waals surface area contributed by atoms with Crippen LogP contribution in [0.25, 0.3) is 5.57 Å². The summed E-state index contributed by atoms with van der Waals surface area (Å²) in [6.45, 7) is 0. The molecule has 2 aromatic rings. The predicted molar refractivity (Wildman–Crippen MR) is 85.4 cm³/mol. The molecule has 0 unspecified atom stereocenters. The molecular weight excluding hydrogens is 262 g/mol. The van der Waals surface area contributed by atoms with E-state index >= 15 is 0 Å². The van der Waals surface area contributed by atoms with E-state index in [1.54, 1.807) is 31.4 Å². The minimum atomic E-state index is -0.00227. The van der Waals surface area contributed by atoms with Gasteiger partial charge in [0.2, 0.25) is 0 Å². The first kappa shape index (κ1) is 14.9. The maximum atomic E-state index is 12.7.